The smallest absolute Gasteiger partial charge is 0.251 e. The van der Waals surface area contributed by atoms with Crippen molar-refractivity contribution in [3.05, 3.63) is 29.8 Å². The van der Waals surface area contributed by atoms with Gasteiger partial charge in [0, 0.05) is 17.3 Å². The Kier molecular flexibility index (Phi) is 6.03. The number of nitrogens with two attached hydrogens (primary N) is 1. The van der Waals surface area contributed by atoms with Gasteiger partial charge in [-0.3, -0.25) is 9.59 Å². The number of nitrogens with one attached hydrogen (secondary N) is 2. The zero-order chi connectivity index (χ0) is 15.1. The molecular formula is C15H23N3O2. The summed E-state index contributed by atoms with van der Waals surface area (Å²) >= 11 is 0. The third kappa shape index (κ3) is 5.73. The van der Waals surface area contributed by atoms with Gasteiger partial charge in [-0.1, -0.05) is 13.8 Å². The Hall–Kier alpha value is -2.04. The fourth-order valence-corrected chi connectivity index (χ4v) is 1.99. The predicted octanol–water partition coefficient (Wildman–Crippen LogP) is 1.55. The highest BCUT2D eigenvalue weighted by Crippen LogP contribution is 2.05. The van der Waals surface area contributed by atoms with Crippen LogP contribution in [0.2, 0.25) is 0 Å². The Morgan fingerprint density at radius 3 is 2.30 bits per heavy atom. The fraction of sp³-hybridized carbons (Fsp3) is 0.467. The second-order valence-corrected chi connectivity index (χ2v) is 5.40. The van der Waals surface area contributed by atoms with Crippen LogP contribution in [0.25, 0.3) is 0 Å². The van der Waals surface area contributed by atoms with Gasteiger partial charge in [0.2, 0.25) is 5.91 Å². The summed E-state index contributed by atoms with van der Waals surface area (Å²) in [5, 5.41) is 5.44. The topological polar surface area (TPSA) is 84.2 Å². The molecule has 0 spiro atoms. The van der Waals surface area contributed by atoms with E-state index in [1.54, 1.807) is 24.3 Å². The van der Waals surface area contributed by atoms with Crippen molar-refractivity contribution in [2.45, 2.75) is 33.2 Å². The third-order valence-corrected chi connectivity index (χ3v) is 2.81. The summed E-state index contributed by atoms with van der Waals surface area (Å²) in [7, 11) is 0. The van der Waals surface area contributed by atoms with Crippen LogP contribution in [0.5, 0.6) is 0 Å². The standard InChI is InChI=1S/C15H23N3O2/c1-10(2)8-11(3)18-14(19)9-17-15(20)12-4-6-13(16)7-5-12/h4-7,10-11H,8-9,16H2,1-3H3,(H,17,20)(H,18,19). The van der Waals surface area contributed by atoms with Gasteiger partial charge in [0.25, 0.3) is 5.91 Å². The Morgan fingerprint density at radius 1 is 1.15 bits per heavy atom. The molecule has 0 heterocycles. The van der Waals surface area contributed by atoms with E-state index in [4.69, 9.17) is 5.73 Å². The Labute approximate surface area is 119 Å². The first-order valence-corrected chi connectivity index (χ1v) is 6.81. The van der Waals surface area contributed by atoms with Crippen LogP contribution in [0.3, 0.4) is 0 Å². The van der Waals surface area contributed by atoms with Crippen molar-refractivity contribution in [3.63, 3.8) is 0 Å². The van der Waals surface area contributed by atoms with E-state index in [0.717, 1.165) is 6.42 Å². The zero-order valence-electron chi connectivity index (χ0n) is 12.3. The lowest BCUT2D eigenvalue weighted by molar-refractivity contribution is -0.120. The molecule has 5 nitrogen and oxygen atoms in total. The maximum absolute atomic E-state index is 11.8. The highest BCUT2D eigenvalue weighted by molar-refractivity contribution is 5.96. The SMILES string of the molecule is CC(C)CC(C)NC(=O)CNC(=O)c1ccc(N)cc1. The van der Waals surface area contributed by atoms with Crippen LogP contribution in [0, 0.1) is 5.92 Å². The van der Waals surface area contributed by atoms with Crippen molar-refractivity contribution in [1.82, 2.24) is 10.6 Å². The summed E-state index contributed by atoms with van der Waals surface area (Å²) in [6, 6.07) is 6.67. The van der Waals surface area contributed by atoms with Crippen molar-refractivity contribution in [2.75, 3.05) is 12.3 Å². The molecule has 0 aliphatic heterocycles. The third-order valence-electron chi connectivity index (χ3n) is 2.81. The molecule has 20 heavy (non-hydrogen) atoms. The van der Waals surface area contributed by atoms with Crippen LogP contribution in [-0.4, -0.2) is 24.4 Å². The van der Waals surface area contributed by atoms with Crippen LogP contribution in [-0.2, 0) is 4.79 Å². The van der Waals surface area contributed by atoms with Gasteiger partial charge in [0.15, 0.2) is 0 Å². The minimum Gasteiger partial charge on any atom is -0.399 e. The van der Waals surface area contributed by atoms with E-state index in [9.17, 15) is 9.59 Å². The molecule has 4 N–H and O–H groups in total. The Balaban J connectivity index is 2.37. The van der Waals surface area contributed by atoms with Gasteiger partial charge in [-0.05, 0) is 43.5 Å². The van der Waals surface area contributed by atoms with E-state index >= 15 is 0 Å². The molecule has 0 bridgehead atoms. The van der Waals surface area contributed by atoms with Gasteiger partial charge >= 0.3 is 0 Å². The largest absolute Gasteiger partial charge is 0.399 e. The lowest BCUT2D eigenvalue weighted by Gasteiger charge is -2.16. The number of rotatable bonds is 6. The molecule has 0 aliphatic rings. The fourth-order valence-electron chi connectivity index (χ4n) is 1.99. The highest BCUT2D eigenvalue weighted by atomic mass is 16.2. The van der Waals surface area contributed by atoms with Gasteiger partial charge in [-0.15, -0.1) is 0 Å². The summed E-state index contributed by atoms with van der Waals surface area (Å²) in [6.45, 7) is 6.14. The van der Waals surface area contributed by atoms with Crippen molar-refractivity contribution < 1.29 is 9.59 Å². The molecule has 1 rings (SSSR count). The van der Waals surface area contributed by atoms with E-state index in [2.05, 4.69) is 24.5 Å². The molecule has 110 valence electrons. The number of amides is 2. The zero-order valence-corrected chi connectivity index (χ0v) is 12.3. The first-order chi connectivity index (χ1) is 9.38. The van der Waals surface area contributed by atoms with Gasteiger partial charge in [-0.2, -0.15) is 0 Å². The highest BCUT2D eigenvalue weighted by Gasteiger charge is 2.11. The number of anilines is 1. The van der Waals surface area contributed by atoms with Crippen molar-refractivity contribution in [3.8, 4) is 0 Å². The minimum absolute atomic E-state index is 0.0222. The number of carbonyl (C=O) groups excluding carboxylic acids is 2. The molecule has 0 saturated heterocycles. The van der Waals surface area contributed by atoms with Crippen molar-refractivity contribution in [2.24, 2.45) is 5.92 Å². The first kappa shape index (κ1) is 16.0. The number of carbonyl (C=O) groups is 2. The summed E-state index contributed by atoms with van der Waals surface area (Å²) < 4.78 is 0. The van der Waals surface area contributed by atoms with E-state index in [1.165, 1.54) is 0 Å². The molecule has 0 aromatic heterocycles. The monoisotopic (exact) mass is 277 g/mol. The van der Waals surface area contributed by atoms with Crippen LogP contribution < -0.4 is 16.4 Å². The average Bonchev–Trinajstić information content (AvgIpc) is 2.35. The molecule has 1 atom stereocenters. The van der Waals surface area contributed by atoms with Gasteiger partial charge in [0.05, 0.1) is 6.54 Å². The molecule has 0 radical (unpaired) electrons. The molecule has 0 fully saturated rings. The number of hydrogen-bond acceptors (Lipinski definition) is 3. The number of hydrogen-bond donors (Lipinski definition) is 3. The summed E-state index contributed by atoms with van der Waals surface area (Å²) in [6.07, 6.45) is 0.914. The Bertz CT molecular complexity index is 455. The number of nitrogen functional groups attached to an aromatic ring is 1. The normalized spacial score (nSPS) is 12.0. The van der Waals surface area contributed by atoms with Crippen molar-refractivity contribution in [1.29, 1.82) is 0 Å². The summed E-state index contributed by atoms with van der Waals surface area (Å²) in [4.78, 5) is 23.5. The molecule has 1 unspecified atom stereocenters. The molecule has 0 saturated carbocycles. The van der Waals surface area contributed by atoms with E-state index in [1.807, 2.05) is 6.92 Å². The van der Waals surface area contributed by atoms with Crippen LogP contribution in [0.1, 0.15) is 37.6 Å². The molecule has 5 heteroatoms. The summed E-state index contributed by atoms with van der Waals surface area (Å²) in [5.41, 5.74) is 6.63. The van der Waals surface area contributed by atoms with Crippen LogP contribution >= 0.6 is 0 Å². The van der Waals surface area contributed by atoms with E-state index < -0.39 is 0 Å². The lowest BCUT2D eigenvalue weighted by atomic mass is 10.1. The molecule has 0 aliphatic carbocycles. The van der Waals surface area contributed by atoms with Gasteiger partial charge in [0.1, 0.15) is 0 Å². The molecule has 1 aromatic carbocycles. The average molecular weight is 277 g/mol. The van der Waals surface area contributed by atoms with E-state index in [0.29, 0.717) is 17.2 Å². The second-order valence-electron chi connectivity index (χ2n) is 5.40. The maximum atomic E-state index is 11.8. The van der Waals surface area contributed by atoms with Gasteiger partial charge < -0.3 is 16.4 Å². The van der Waals surface area contributed by atoms with Gasteiger partial charge in [-0.25, -0.2) is 0 Å². The number of benzene rings is 1. The van der Waals surface area contributed by atoms with E-state index in [-0.39, 0.29) is 24.4 Å². The van der Waals surface area contributed by atoms with Crippen LogP contribution in [0.15, 0.2) is 24.3 Å². The first-order valence-electron chi connectivity index (χ1n) is 6.81. The molecule has 1 aromatic rings. The minimum atomic E-state index is -0.281. The second kappa shape index (κ2) is 7.53. The quantitative estimate of drug-likeness (QED) is 0.690. The maximum Gasteiger partial charge on any atom is 0.251 e. The van der Waals surface area contributed by atoms with Crippen molar-refractivity contribution >= 4 is 17.5 Å². The predicted molar refractivity (Wildman–Crippen MR) is 80.2 cm³/mol. The lowest BCUT2D eigenvalue weighted by Crippen LogP contribution is -2.41. The van der Waals surface area contributed by atoms with Crippen LogP contribution in [0.4, 0.5) is 5.69 Å². The Morgan fingerprint density at radius 2 is 1.75 bits per heavy atom. The molecule has 2 amide bonds. The summed E-state index contributed by atoms with van der Waals surface area (Å²) in [5.74, 6) is 0.0632. The molecular weight excluding hydrogens is 254 g/mol.